The van der Waals surface area contributed by atoms with Crippen molar-refractivity contribution in [3.63, 3.8) is 0 Å². The number of hydrogen-bond acceptors (Lipinski definition) is 6. The predicted molar refractivity (Wildman–Crippen MR) is 86.5 cm³/mol. The number of para-hydroxylation sites is 2. The lowest BCUT2D eigenvalue weighted by molar-refractivity contribution is 0.472. The summed E-state index contributed by atoms with van der Waals surface area (Å²) in [7, 11) is 0. The van der Waals surface area contributed by atoms with E-state index in [1.807, 2.05) is 18.2 Å². The van der Waals surface area contributed by atoms with E-state index in [1.54, 1.807) is 17.4 Å². The van der Waals surface area contributed by atoms with Gasteiger partial charge in [0.15, 0.2) is 0 Å². The van der Waals surface area contributed by atoms with E-state index in [0.29, 0.717) is 11.7 Å². The second-order valence-electron chi connectivity index (χ2n) is 5.54. The number of phenolic OH excluding ortho intramolecular Hbond substituents is 1. The Balaban J connectivity index is 1.66. The predicted octanol–water partition coefficient (Wildman–Crippen LogP) is 2.69. The minimum atomic E-state index is 0.351. The molecule has 0 bridgehead atoms. The number of hydrogen-bond donors (Lipinski definition) is 1. The third-order valence-electron chi connectivity index (χ3n) is 3.70. The van der Waals surface area contributed by atoms with E-state index < -0.39 is 0 Å². The first-order valence-corrected chi connectivity index (χ1v) is 8.08. The van der Waals surface area contributed by atoms with Crippen LogP contribution in [0.25, 0.3) is 0 Å². The van der Waals surface area contributed by atoms with Crippen molar-refractivity contribution in [1.29, 1.82) is 0 Å². The Hall–Kier alpha value is -1.82. The minimum Gasteiger partial charge on any atom is -0.506 e. The first-order chi connectivity index (χ1) is 10.1. The van der Waals surface area contributed by atoms with Gasteiger partial charge in [-0.2, -0.15) is 0 Å². The lowest BCUT2D eigenvalue weighted by Gasteiger charge is -2.35. The van der Waals surface area contributed by atoms with Crippen LogP contribution < -0.4 is 9.80 Å². The minimum absolute atomic E-state index is 0.351. The fourth-order valence-electron chi connectivity index (χ4n) is 2.46. The molecule has 2 aromatic rings. The largest absolute Gasteiger partial charge is 0.506 e. The van der Waals surface area contributed by atoms with E-state index in [0.717, 1.165) is 42.0 Å². The number of benzene rings is 1. The average Bonchev–Trinajstić information content (AvgIpc) is 2.98. The fourth-order valence-corrected chi connectivity index (χ4v) is 3.36. The molecule has 0 aliphatic carbocycles. The third-order valence-corrected chi connectivity index (χ3v) is 4.98. The molecule has 1 aromatic heterocycles. The highest BCUT2D eigenvalue weighted by molar-refractivity contribution is 7.15. The van der Waals surface area contributed by atoms with Gasteiger partial charge in [-0.1, -0.05) is 37.3 Å². The van der Waals surface area contributed by atoms with Crippen LogP contribution in [-0.4, -0.2) is 41.5 Å². The van der Waals surface area contributed by atoms with Crippen LogP contribution in [0.2, 0.25) is 0 Å². The van der Waals surface area contributed by atoms with Gasteiger partial charge < -0.3 is 14.9 Å². The van der Waals surface area contributed by atoms with Crippen LogP contribution in [0.15, 0.2) is 24.3 Å². The smallest absolute Gasteiger partial charge is 0.208 e. The van der Waals surface area contributed by atoms with Crippen LogP contribution in [0.5, 0.6) is 5.75 Å². The Morgan fingerprint density at radius 3 is 2.33 bits per heavy atom. The van der Waals surface area contributed by atoms with Gasteiger partial charge in [0.1, 0.15) is 10.8 Å². The lowest BCUT2D eigenvalue weighted by Crippen LogP contribution is -2.46. The van der Waals surface area contributed by atoms with Crippen molar-refractivity contribution < 1.29 is 5.11 Å². The van der Waals surface area contributed by atoms with E-state index in [-0.39, 0.29) is 0 Å². The van der Waals surface area contributed by atoms with Crippen LogP contribution in [0.3, 0.4) is 0 Å². The number of aromatic nitrogens is 2. The first-order valence-electron chi connectivity index (χ1n) is 7.26. The molecular weight excluding hydrogens is 284 g/mol. The number of piperazine rings is 1. The van der Waals surface area contributed by atoms with Crippen molar-refractivity contribution in [1.82, 2.24) is 10.2 Å². The van der Waals surface area contributed by atoms with Gasteiger partial charge in [0.05, 0.1) is 5.69 Å². The standard InChI is InChI=1S/C15H20N4OS/c1-11(2)14-16-17-15(21-14)19-9-7-18(8-10-19)12-5-3-4-6-13(12)20/h3-6,11,20H,7-10H2,1-2H3. The van der Waals surface area contributed by atoms with Gasteiger partial charge in [-0.05, 0) is 12.1 Å². The summed E-state index contributed by atoms with van der Waals surface area (Å²) >= 11 is 1.68. The molecule has 3 rings (SSSR count). The molecule has 1 saturated heterocycles. The zero-order valence-corrected chi connectivity index (χ0v) is 13.2. The molecule has 0 radical (unpaired) electrons. The van der Waals surface area contributed by atoms with Crippen molar-refractivity contribution in [2.24, 2.45) is 0 Å². The van der Waals surface area contributed by atoms with E-state index in [1.165, 1.54) is 0 Å². The second kappa shape index (κ2) is 5.89. The SMILES string of the molecule is CC(C)c1nnc(N2CCN(c3ccccc3O)CC2)s1. The summed E-state index contributed by atoms with van der Waals surface area (Å²) in [6.07, 6.45) is 0. The molecule has 0 saturated carbocycles. The maximum Gasteiger partial charge on any atom is 0.208 e. The molecule has 21 heavy (non-hydrogen) atoms. The molecule has 5 nitrogen and oxygen atoms in total. The average molecular weight is 304 g/mol. The van der Waals surface area contributed by atoms with E-state index in [2.05, 4.69) is 33.8 Å². The molecule has 0 spiro atoms. The van der Waals surface area contributed by atoms with Crippen molar-refractivity contribution >= 4 is 22.2 Å². The van der Waals surface area contributed by atoms with Gasteiger partial charge in [0.2, 0.25) is 5.13 Å². The van der Waals surface area contributed by atoms with Crippen molar-refractivity contribution in [2.75, 3.05) is 36.0 Å². The molecule has 1 aliphatic heterocycles. The highest BCUT2D eigenvalue weighted by Gasteiger charge is 2.22. The lowest BCUT2D eigenvalue weighted by atomic mass is 10.2. The molecular formula is C15H20N4OS. The molecule has 112 valence electrons. The maximum atomic E-state index is 9.93. The van der Waals surface area contributed by atoms with E-state index in [9.17, 15) is 5.11 Å². The van der Waals surface area contributed by atoms with Crippen LogP contribution in [0, 0.1) is 0 Å². The maximum absolute atomic E-state index is 9.93. The summed E-state index contributed by atoms with van der Waals surface area (Å²) < 4.78 is 0. The van der Waals surface area contributed by atoms with Gasteiger partial charge in [0, 0.05) is 32.1 Å². The van der Waals surface area contributed by atoms with Gasteiger partial charge in [-0.3, -0.25) is 0 Å². The number of aromatic hydroxyl groups is 1. The molecule has 2 heterocycles. The second-order valence-corrected chi connectivity index (χ2v) is 6.53. The zero-order chi connectivity index (χ0) is 14.8. The summed E-state index contributed by atoms with van der Waals surface area (Å²) in [6, 6.07) is 7.51. The monoisotopic (exact) mass is 304 g/mol. The van der Waals surface area contributed by atoms with Crippen LogP contribution in [0.4, 0.5) is 10.8 Å². The van der Waals surface area contributed by atoms with Gasteiger partial charge >= 0.3 is 0 Å². The molecule has 1 fully saturated rings. The Labute approximate surface area is 128 Å². The Morgan fingerprint density at radius 2 is 1.71 bits per heavy atom. The van der Waals surface area contributed by atoms with Gasteiger partial charge in [0.25, 0.3) is 0 Å². The van der Waals surface area contributed by atoms with Crippen molar-refractivity contribution in [3.8, 4) is 5.75 Å². The van der Waals surface area contributed by atoms with Crippen molar-refractivity contribution in [3.05, 3.63) is 29.3 Å². The molecule has 0 unspecified atom stereocenters. The van der Waals surface area contributed by atoms with Gasteiger partial charge in [-0.15, -0.1) is 10.2 Å². The third kappa shape index (κ3) is 2.95. The van der Waals surface area contributed by atoms with Gasteiger partial charge in [-0.25, -0.2) is 0 Å². The van der Waals surface area contributed by atoms with Crippen molar-refractivity contribution in [2.45, 2.75) is 19.8 Å². The summed E-state index contributed by atoms with van der Waals surface area (Å²) in [5.74, 6) is 0.780. The highest BCUT2D eigenvalue weighted by Crippen LogP contribution is 2.30. The molecule has 1 aromatic carbocycles. The quantitative estimate of drug-likeness (QED) is 0.945. The summed E-state index contributed by atoms with van der Waals surface area (Å²) in [5, 5.41) is 20.6. The number of phenols is 1. The van der Waals surface area contributed by atoms with E-state index in [4.69, 9.17) is 0 Å². The molecule has 1 aliphatic rings. The first kappa shape index (κ1) is 14.1. The van der Waals surface area contributed by atoms with Crippen LogP contribution >= 0.6 is 11.3 Å². The normalized spacial score (nSPS) is 15.8. The fraction of sp³-hybridized carbons (Fsp3) is 0.467. The molecule has 6 heteroatoms. The molecule has 0 atom stereocenters. The summed E-state index contributed by atoms with van der Waals surface area (Å²) in [5.41, 5.74) is 0.914. The summed E-state index contributed by atoms with van der Waals surface area (Å²) in [6.45, 7) is 7.85. The van der Waals surface area contributed by atoms with E-state index >= 15 is 0 Å². The topological polar surface area (TPSA) is 52.5 Å². The number of rotatable bonds is 3. The molecule has 0 amide bonds. The number of nitrogens with zero attached hydrogens (tertiary/aromatic N) is 4. The Morgan fingerprint density at radius 1 is 1.05 bits per heavy atom. The van der Waals surface area contributed by atoms with Crippen LogP contribution in [0.1, 0.15) is 24.8 Å². The Bertz CT molecular complexity index is 605. The Kier molecular flexibility index (Phi) is 3.96. The zero-order valence-electron chi connectivity index (χ0n) is 12.4. The highest BCUT2D eigenvalue weighted by atomic mass is 32.1. The number of anilines is 2. The van der Waals surface area contributed by atoms with Crippen LogP contribution in [-0.2, 0) is 0 Å². The molecule has 1 N–H and O–H groups in total. The summed E-state index contributed by atoms with van der Waals surface area (Å²) in [4.78, 5) is 4.50.